The highest BCUT2D eigenvalue weighted by Crippen LogP contribution is 2.21. The number of imidazole rings is 1. The van der Waals surface area contributed by atoms with Crippen molar-refractivity contribution in [3.05, 3.63) is 59.9 Å². The van der Waals surface area contributed by atoms with Crippen LogP contribution < -0.4 is 4.74 Å². The monoisotopic (exact) mass is 336 g/mol. The van der Waals surface area contributed by atoms with Crippen molar-refractivity contribution in [1.29, 1.82) is 0 Å². The Kier molecular flexibility index (Phi) is 5.75. The zero-order valence-electron chi connectivity index (χ0n) is 15.5. The second kappa shape index (κ2) is 8.19. The molecule has 0 radical (unpaired) electrons. The maximum absolute atomic E-state index is 6.02. The van der Waals surface area contributed by atoms with Crippen molar-refractivity contribution in [2.24, 2.45) is 0 Å². The normalized spacial score (nSPS) is 11.4. The molecule has 0 aliphatic heterocycles. The van der Waals surface area contributed by atoms with E-state index in [0.29, 0.717) is 12.5 Å². The van der Waals surface area contributed by atoms with Crippen molar-refractivity contribution >= 4 is 11.0 Å². The highest BCUT2D eigenvalue weighted by atomic mass is 16.5. The molecule has 0 fully saturated rings. The molecule has 0 saturated carbocycles. The van der Waals surface area contributed by atoms with E-state index in [2.05, 4.69) is 67.8 Å². The van der Waals surface area contributed by atoms with Crippen molar-refractivity contribution in [2.75, 3.05) is 0 Å². The van der Waals surface area contributed by atoms with E-state index in [-0.39, 0.29) is 0 Å². The van der Waals surface area contributed by atoms with Crippen LogP contribution in [-0.4, -0.2) is 9.55 Å². The van der Waals surface area contributed by atoms with Gasteiger partial charge in [0.2, 0.25) is 0 Å². The van der Waals surface area contributed by atoms with E-state index in [1.54, 1.807) is 0 Å². The number of unbranched alkanes of at least 4 members (excludes halogenated alkanes) is 2. The topological polar surface area (TPSA) is 27.1 Å². The van der Waals surface area contributed by atoms with Gasteiger partial charge in [0.15, 0.2) is 0 Å². The van der Waals surface area contributed by atoms with Gasteiger partial charge in [-0.1, -0.05) is 57.9 Å². The van der Waals surface area contributed by atoms with Crippen LogP contribution in [0.1, 0.15) is 57.3 Å². The Bertz CT molecular complexity index is 803. The van der Waals surface area contributed by atoms with Gasteiger partial charge in [0.25, 0.3) is 0 Å². The molecule has 0 bridgehead atoms. The molecule has 0 saturated heterocycles. The van der Waals surface area contributed by atoms with Crippen molar-refractivity contribution in [2.45, 2.75) is 59.1 Å². The molecule has 25 heavy (non-hydrogen) atoms. The number of hydrogen-bond donors (Lipinski definition) is 0. The molecule has 3 aromatic rings. The fourth-order valence-electron chi connectivity index (χ4n) is 3.10. The van der Waals surface area contributed by atoms with Crippen LogP contribution in [0.15, 0.2) is 48.5 Å². The van der Waals surface area contributed by atoms with E-state index in [1.807, 2.05) is 6.07 Å². The fourth-order valence-corrected chi connectivity index (χ4v) is 3.10. The summed E-state index contributed by atoms with van der Waals surface area (Å²) >= 11 is 0. The van der Waals surface area contributed by atoms with Crippen LogP contribution >= 0.6 is 0 Å². The lowest BCUT2D eigenvalue weighted by molar-refractivity contribution is 0.289. The first-order chi connectivity index (χ1) is 12.2. The number of aryl methyl sites for hydroxylation is 1. The molecule has 1 aromatic heterocycles. The van der Waals surface area contributed by atoms with Gasteiger partial charge >= 0.3 is 0 Å². The summed E-state index contributed by atoms with van der Waals surface area (Å²) in [5.74, 6) is 2.44. The Morgan fingerprint density at radius 1 is 1.00 bits per heavy atom. The van der Waals surface area contributed by atoms with E-state index in [4.69, 9.17) is 9.72 Å². The molecule has 0 spiro atoms. The molecule has 0 aliphatic carbocycles. The highest BCUT2D eigenvalue weighted by molar-refractivity contribution is 5.75. The summed E-state index contributed by atoms with van der Waals surface area (Å²) < 4.78 is 8.33. The second-order valence-electron chi connectivity index (χ2n) is 6.89. The third-order valence-corrected chi connectivity index (χ3v) is 4.63. The van der Waals surface area contributed by atoms with E-state index in [9.17, 15) is 0 Å². The summed E-state index contributed by atoms with van der Waals surface area (Å²) in [6.07, 6.45) is 3.64. The zero-order valence-corrected chi connectivity index (χ0v) is 15.5. The Hall–Kier alpha value is -2.29. The summed E-state index contributed by atoms with van der Waals surface area (Å²) in [4.78, 5) is 4.79. The van der Waals surface area contributed by atoms with Gasteiger partial charge in [0, 0.05) is 6.54 Å². The number of fused-ring (bicyclic) bond motifs is 1. The molecule has 0 amide bonds. The van der Waals surface area contributed by atoms with Crippen LogP contribution in [0.2, 0.25) is 0 Å². The van der Waals surface area contributed by atoms with E-state index in [0.717, 1.165) is 23.6 Å². The lowest BCUT2D eigenvalue weighted by Crippen LogP contribution is -2.07. The summed E-state index contributed by atoms with van der Waals surface area (Å²) in [5.41, 5.74) is 3.58. The van der Waals surface area contributed by atoms with Crippen LogP contribution in [0.25, 0.3) is 11.0 Å². The Morgan fingerprint density at radius 2 is 1.76 bits per heavy atom. The van der Waals surface area contributed by atoms with Gasteiger partial charge in [0.1, 0.15) is 18.2 Å². The SMILES string of the molecule is CCCCCn1c(COc2ccc(C(C)C)cc2)nc2ccccc21. The van der Waals surface area contributed by atoms with Crippen LogP contribution in [-0.2, 0) is 13.2 Å². The largest absolute Gasteiger partial charge is 0.486 e. The number of rotatable bonds is 8. The lowest BCUT2D eigenvalue weighted by Gasteiger charge is -2.11. The molecule has 3 rings (SSSR count). The number of ether oxygens (including phenoxy) is 1. The van der Waals surface area contributed by atoms with Crippen molar-refractivity contribution in [1.82, 2.24) is 9.55 Å². The van der Waals surface area contributed by atoms with Gasteiger partial charge in [-0.3, -0.25) is 0 Å². The second-order valence-corrected chi connectivity index (χ2v) is 6.89. The van der Waals surface area contributed by atoms with Crippen molar-refractivity contribution < 1.29 is 4.74 Å². The van der Waals surface area contributed by atoms with Gasteiger partial charge in [0.05, 0.1) is 11.0 Å². The predicted molar refractivity (Wildman–Crippen MR) is 104 cm³/mol. The summed E-state index contributed by atoms with van der Waals surface area (Å²) in [7, 11) is 0. The van der Waals surface area contributed by atoms with Gasteiger partial charge in [-0.25, -0.2) is 4.98 Å². The molecule has 1 heterocycles. The van der Waals surface area contributed by atoms with Gasteiger partial charge in [-0.2, -0.15) is 0 Å². The van der Waals surface area contributed by atoms with E-state index < -0.39 is 0 Å². The maximum Gasteiger partial charge on any atom is 0.147 e. The van der Waals surface area contributed by atoms with Crippen LogP contribution in [0, 0.1) is 0 Å². The molecule has 2 aromatic carbocycles. The maximum atomic E-state index is 6.02. The molecular weight excluding hydrogens is 308 g/mol. The van der Waals surface area contributed by atoms with E-state index in [1.165, 1.54) is 30.3 Å². The minimum absolute atomic E-state index is 0.502. The first-order valence-electron chi connectivity index (χ1n) is 9.36. The summed E-state index contributed by atoms with van der Waals surface area (Å²) in [6, 6.07) is 16.7. The molecule has 0 aliphatic rings. The first kappa shape index (κ1) is 17.5. The molecule has 0 atom stereocenters. The zero-order chi connectivity index (χ0) is 17.6. The van der Waals surface area contributed by atoms with Crippen LogP contribution in [0.4, 0.5) is 0 Å². The molecule has 0 unspecified atom stereocenters. The van der Waals surface area contributed by atoms with E-state index >= 15 is 0 Å². The predicted octanol–water partition coefficient (Wildman–Crippen LogP) is 5.93. The molecule has 0 N–H and O–H groups in total. The number of nitrogens with zero attached hydrogens (tertiary/aromatic N) is 2. The average molecular weight is 336 g/mol. The lowest BCUT2D eigenvalue weighted by atomic mass is 10.0. The Labute approximate surface area is 150 Å². The minimum Gasteiger partial charge on any atom is -0.486 e. The van der Waals surface area contributed by atoms with Crippen molar-refractivity contribution in [3.63, 3.8) is 0 Å². The number of aromatic nitrogens is 2. The quantitative estimate of drug-likeness (QED) is 0.477. The number of hydrogen-bond acceptors (Lipinski definition) is 2. The van der Waals surface area contributed by atoms with Crippen molar-refractivity contribution in [3.8, 4) is 5.75 Å². The summed E-state index contributed by atoms with van der Waals surface area (Å²) in [5, 5.41) is 0. The number of benzene rings is 2. The summed E-state index contributed by atoms with van der Waals surface area (Å²) in [6.45, 7) is 8.14. The third-order valence-electron chi connectivity index (χ3n) is 4.63. The molecule has 132 valence electrons. The molecule has 3 nitrogen and oxygen atoms in total. The van der Waals surface area contributed by atoms with Gasteiger partial charge in [-0.15, -0.1) is 0 Å². The first-order valence-corrected chi connectivity index (χ1v) is 9.36. The minimum atomic E-state index is 0.502. The standard InChI is InChI=1S/C22H28N2O/c1-4-5-8-15-24-21-10-7-6-9-20(21)23-22(24)16-25-19-13-11-18(12-14-19)17(2)3/h6-7,9-14,17H,4-5,8,15-16H2,1-3H3. The van der Waals surface area contributed by atoms with Crippen LogP contribution in [0.3, 0.4) is 0 Å². The smallest absolute Gasteiger partial charge is 0.147 e. The fraction of sp³-hybridized carbons (Fsp3) is 0.409. The Morgan fingerprint density at radius 3 is 2.48 bits per heavy atom. The number of para-hydroxylation sites is 2. The highest BCUT2D eigenvalue weighted by Gasteiger charge is 2.11. The van der Waals surface area contributed by atoms with Gasteiger partial charge < -0.3 is 9.30 Å². The Balaban J connectivity index is 1.76. The molecule has 3 heteroatoms. The molecular formula is C22H28N2O. The van der Waals surface area contributed by atoms with Gasteiger partial charge in [-0.05, 0) is 42.2 Å². The van der Waals surface area contributed by atoms with Crippen LogP contribution in [0.5, 0.6) is 5.75 Å². The third kappa shape index (κ3) is 4.22. The average Bonchev–Trinajstić information content (AvgIpc) is 2.98.